The number of fused-ring (bicyclic) bond motifs is 1. The first-order valence-corrected chi connectivity index (χ1v) is 9.49. The Morgan fingerprint density at radius 1 is 0.933 bits per heavy atom. The maximum absolute atomic E-state index is 10.8. The summed E-state index contributed by atoms with van der Waals surface area (Å²) in [5, 5.41) is 17.4. The van der Waals surface area contributed by atoms with Gasteiger partial charge in [0, 0.05) is 0 Å². The first-order chi connectivity index (χ1) is 14.7. The van der Waals surface area contributed by atoms with Crippen molar-refractivity contribution in [2.24, 2.45) is 5.10 Å². The van der Waals surface area contributed by atoms with Gasteiger partial charge in [-0.15, -0.1) is 0 Å². The minimum Gasteiger partial charge on any atom is -0.545 e. The van der Waals surface area contributed by atoms with E-state index in [1.807, 2.05) is 42.5 Å². The van der Waals surface area contributed by atoms with E-state index in [1.54, 1.807) is 18.3 Å². The average molecular weight is 395 g/mol. The highest BCUT2D eigenvalue weighted by atomic mass is 16.5. The summed E-state index contributed by atoms with van der Waals surface area (Å²) in [6.07, 6.45) is 1.68. The van der Waals surface area contributed by atoms with Crippen molar-refractivity contribution in [1.29, 1.82) is 0 Å². The number of nitrogens with zero attached hydrogens (tertiary/aromatic N) is 1. The number of hydrogen-bond acceptors (Lipinski definition) is 5. The molecule has 0 aliphatic heterocycles. The van der Waals surface area contributed by atoms with Gasteiger partial charge in [-0.3, -0.25) is 5.43 Å². The number of nitrogens with one attached hydrogen (secondary N) is 1. The van der Waals surface area contributed by atoms with Crippen molar-refractivity contribution in [1.82, 2.24) is 0 Å². The number of ether oxygens (including phenoxy) is 1. The smallest absolute Gasteiger partial charge is 0.120 e. The van der Waals surface area contributed by atoms with Gasteiger partial charge in [0.2, 0.25) is 0 Å². The number of carboxylic acids is 1. The van der Waals surface area contributed by atoms with Crippen molar-refractivity contribution in [2.75, 3.05) is 5.43 Å². The number of anilines is 1. The Morgan fingerprint density at radius 3 is 2.53 bits per heavy atom. The van der Waals surface area contributed by atoms with Gasteiger partial charge in [-0.05, 0) is 51.7 Å². The summed E-state index contributed by atoms with van der Waals surface area (Å²) in [6.45, 7) is 0.477. The van der Waals surface area contributed by atoms with Gasteiger partial charge >= 0.3 is 0 Å². The minimum atomic E-state index is -1.20. The third kappa shape index (κ3) is 4.64. The predicted molar refractivity (Wildman–Crippen MR) is 117 cm³/mol. The number of aromatic carboxylic acids is 1. The third-order valence-corrected chi connectivity index (χ3v) is 4.66. The van der Waals surface area contributed by atoms with Crippen LogP contribution in [0.1, 0.15) is 21.5 Å². The second-order valence-corrected chi connectivity index (χ2v) is 6.73. The van der Waals surface area contributed by atoms with Gasteiger partial charge in [0.1, 0.15) is 12.4 Å². The maximum atomic E-state index is 10.8. The van der Waals surface area contributed by atoms with Gasteiger partial charge in [-0.25, -0.2) is 0 Å². The monoisotopic (exact) mass is 395 g/mol. The summed E-state index contributed by atoms with van der Waals surface area (Å²) in [4.78, 5) is 10.8. The number of carbonyl (C=O) groups excluding carboxylic acids is 1. The highest BCUT2D eigenvalue weighted by Gasteiger charge is 2.02. The van der Waals surface area contributed by atoms with Crippen LogP contribution in [0.3, 0.4) is 0 Å². The van der Waals surface area contributed by atoms with Gasteiger partial charge in [0.25, 0.3) is 0 Å². The normalized spacial score (nSPS) is 10.9. The summed E-state index contributed by atoms with van der Waals surface area (Å²) in [5.41, 5.74) is 5.69. The number of rotatable bonds is 7. The van der Waals surface area contributed by atoms with Crippen LogP contribution in [-0.4, -0.2) is 12.2 Å². The van der Waals surface area contributed by atoms with Crippen LogP contribution < -0.4 is 15.3 Å². The van der Waals surface area contributed by atoms with Gasteiger partial charge < -0.3 is 14.6 Å². The second kappa shape index (κ2) is 8.92. The number of benzene rings is 4. The van der Waals surface area contributed by atoms with E-state index in [2.05, 4.69) is 34.8 Å². The summed E-state index contributed by atoms with van der Waals surface area (Å²) >= 11 is 0. The van der Waals surface area contributed by atoms with Crippen molar-refractivity contribution >= 4 is 28.6 Å². The van der Waals surface area contributed by atoms with Crippen molar-refractivity contribution < 1.29 is 14.6 Å². The zero-order valence-electron chi connectivity index (χ0n) is 16.1. The Balaban J connectivity index is 1.40. The van der Waals surface area contributed by atoms with Crippen LogP contribution in [0.4, 0.5) is 5.69 Å². The summed E-state index contributed by atoms with van der Waals surface area (Å²) in [6, 6.07) is 28.3. The Labute approximate surface area is 174 Å². The fraction of sp³-hybridized carbons (Fsp3) is 0.0400. The van der Waals surface area contributed by atoms with E-state index < -0.39 is 5.97 Å². The van der Waals surface area contributed by atoms with Crippen LogP contribution in [0.5, 0.6) is 5.75 Å². The number of carboxylic acid groups (broad SMARTS) is 1. The van der Waals surface area contributed by atoms with Crippen LogP contribution in [0.25, 0.3) is 10.8 Å². The molecule has 5 nitrogen and oxygen atoms in total. The van der Waals surface area contributed by atoms with Crippen LogP contribution in [0.15, 0.2) is 96.1 Å². The molecule has 0 bridgehead atoms. The fourth-order valence-electron chi connectivity index (χ4n) is 3.13. The van der Waals surface area contributed by atoms with Crippen molar-refractivity contribution in [3.05, 3.63) is 108 Å². The Morgan fingerprint density at radius 2 is 1.70 bits per heavy atom. The van der Waals surface area contributed by atoms with E-state index in [0.29, 0.717) is 12.3 Å². The Bertz CT molecular complexity index is 1200. The molecular formula is C25H19N2O3-. The molecule has 0 aliphatic carbocycles. The first-order valence-electron chi connectivity index (χ1n) is 9.49. The first kappa shape index (κ1) is 19.2. The maximum Gasteiger partial charge on any atom is 0.120 e. The average Bonchev–Trinajstić information content (AvgIpc) is 2.78. The summed E-state index contributed by atoms with van der Waals surface area (Å²) in [7, 11) is 0. The number of hydrazone groups is 1. The van der Waals surface area contributed by atoms with Gasteiger partial charge in [-0.2, -0.15) is 5.10 Å². The molecule has 0 saturated carbocycles. The van der Waals surface area contributed by atoms with Gasteiger partial charge in [0.05, 0.1) is 17.9 Å². The molecule has 0 aromatic heterocycles. The lowest BCUT2D eigenvalue weighted by atomic mass is 10.1. The summed E-state index contributed by atoms with van der Waals surface area (Å²) < 4.78 is 6.00. The van der Waals surface area contributed by atoms with Crippen molar-refractivity contribution in [3.63, 3.8) is 0 Å². The molecule has 4 aromatic carbocycles. The van der Waals surface area contributed by atoms with E-state index in [0.717, 1.165) is 16.9 Å². The Hall–Kier alpha value is -4.12. The fourth-order valence-corrected chi connectivity index (χ4v) is 3.13. The van der Waals surface area contributed by atoms with Gasteiger partial charge in [0.15, 0.2) is 0 Å². The quantitative estimate of drug-likeness (QED) is 0.375. The lowest BCUT2D eigenvalue weighted by molar-refractivity contribution is -0.255. The zero-order chi connectivity index (χ0) is 20.8. The molecule has 0 heterocycles. The molecule has 4 aromatic rings. The molecule has 30 heavy (non-hydrogen) atoms. The molecule has 0 radical (unpaired) electrons. The zero-order valence-corrected chi connectivity index (χ0v) is 16.1. The van der Waals surface area contributed by atoms with Crippen LogP contribution in [0, 0.1) is 0 Å². The molecule has 0 fully saturated rings. The molecule has 4 rings (SSSR count). The minimum absolute atomic E-state index is 0.126. The van der Waals surface area contributed by atoms with E-state index in [4.69, 9.17) is 4.74 Å². The topological polar surface area (TPSA) is 73.8 Å². The van der Waals surface area contributed by atoms with Crippen LogP contribution >= 0.6 is 0 Å². The lowest BCUT2D eigenvalue weighted by Gasteiger charge is -2.09. The van der Waals surface area contributed by atoms with Crippen molar-refractivity contribution in [3.8, 4) is 5.75 Å². The molecule has 0 unspecified atom stereocenters. The largest absolute Gasteiger partial charge is 0.545 e. The van der Waals surface area contributed by atoms with Gasteiger partial charge in [-0.1, -0.05) is 66.7 Å². The highest BCUT2D eigenvalue weighted by Crippen LogP contribution is 2.21. The molecule has 0 atom stereocenters. The molecular weight excluding hydrogens is 376 g/mol. The SMILES string of the molecule is O=C([O-])c1ccc(N/N=C\c2cccc(OCc3cccc4ccccc34)c2)cc1. The molecule has 5 heteroatoms. The van der Waals surface area contributed by atoms with E-state index >= 15 is 0 Å². The predicted octanol–water partition coefficient (Wildman–Crippen LogP) is 4.23. The van der Waals surface area contributed by atoms with Crippen molar-refractivity contribution in [2.45, 2.75) is 6.61 Å². The van der Waals surface area contributed by atoms with E-state index in [-0.39, 0.29) is 5.56 Å². The standard InChI is InChI=1S/C25H20N2O3/c28-25(29)20-11-13-22(14-12-20)27-26-16-18-5-3-9-23(15-18)30-17-21-8-4-7-19-6-1-2-10-24(19)21/h1-16,27H,17H2,(H,28,29)/p-1/b26-16-. The highest BCUT2D eigenvalue weighted by molar-refractivity contribution is 5.86. The molecule has 1 N–H and O–H groups in total. The lowest BCUT2D eigenvalue weighted by Crippen LogP contribution is -2.21. The van der Waals surface area contributed by atoms with E-state index in [1.165, 1.54) is 22.9 Å². The van der Waals surface area contributed by atoms with E-state index in [9.17, 15) is 9.90 Å². The second-order valence-electron chi connectivity index (χ2n) is 6.73. The Kier molecular flexibility index (Phi) is 5.71. The van der Waals surface area contributed by atoms with Crippen LogP contribution in [0.2, 0.25) is 0 Å². The molecule has 0 aliphatic rings. The molecule has 0 amide bonds. The molecule has 0 saturated heterocycles. The molecule has 0 spiro atoms. The van der Waals surface area contributed by atoms with Crippen LogP contribution in [-0.2, 0) is 6.61 Å². The summed E-state index contributed by atoms with van der Waals surface area (Å²) in [5.74, 6) is -0.449. The third-order valence-electron chi connectivity index (χ3n) is 4.66. The number of carbonyl (C=O) groups is 1. The number of hydrogen-bond donors (Lipinski definition) is 1. The molecule has 148 valence electrons.